The highest BCUT2D eigenvalue weighted by Crippen LogP contribution is 2.40. The molecular weight excluding hydrogens is 775 g/mol. The molecule has 0 fully saturated rings. The first kappa shape index (κ1) is 38.2. The van der Waals surface area contributed by atoms with Crippen molar-refractivity contribution in [1.82, 2.24) is 0 Å². The lowest BCUT2D eigenvalue weighted by Crippen LogP contribution is -2.74. The van der Waals surface area contributed by atoms with Crippen LogP contribution in [0.25, 0.3) is 44.5 Å². The third kappa shape index (κ3) is 7.11. The highest BCUT2D eigenvalue weighted by Gasteiger charge is 2.41. The van der Waals surface area contributed by atoms with Crippen LogP contribution < -0.4 is 25.6 Å². The van der Waals surface area contributed by atoms with E-state index in [-0.39, 0.29) is 0 Å². The van der Waals surface area contributed by atoms with Crippen molar-refractivity contribution in [2.24, 2.45) is 0 Å². The molecule has 1 nitrogen and oxygen atoms in total. The smallest absolute Gasteiger partial charge is 0.179 e. The van der Waals surface area contributed by atoms with Gasteiger partial charge in [-0.3, -0.25) is 0 Å². The first-order valence-corrected chi connectivity index (χ1v) is 23.9. The Morgan fingerprint density at radius 2 is 0.587 bits per heavy atom. The Hall–Kier alpha value is -7.78. The van der Waals surface area contributed by atoms with E-state index in [0.717, 1.165) is 23.5 Å². The molecule has 0 spiro atoms. The molecule has 2 heteroatoms. The Kier molecular flexibility index (Phi) is 10.0. The second-order valence-electron chi connectivity index (χ2n) is 16.5. The molecule has 0 saturated heterocycles. The van der Waals surface area contributed by atoms with Gasteiger partial charge in [0, 0.05) is 17.1 Å². The predicted molar refractivity (Wildman–Crippen MR) is 269 cm³/mol. The van der Waals surface area contributed by atoms with Gasteiger partial charge >= 0.3 is 0 Å². The van der Waals surface area contributed by atoms with Crippen LogP contribution in [0.4, 0.5) is 17.1 Å². The first-order chi connectivity index (χ1) is 31.2. The molecule has 0 radical (unpaired) electrons. The van der Waals surface area contributed by atoms with Gasteiger partial charge in [0.2, 0.25) is 0 Å². The fourth-order valence-electron chi connectivity index (χ4n) is 9.79. The summed E-state index contributed by atoms with van der Waals surface area (Å²) in [6.45, 7) is 0. The molecule has 298 valence electrons. The molecule has 1 aliphatic rings. The minimum absolute atomic E-state index is 0.988. The number of rotatable bonds is 10. The van der Waals surface area contributed by atoms with E-state index < -0.39 is 8.07 Å². The highest BCUT2D eigenvalue weighted by atomic mass is 28.3. The average molecular weight is 820 g/mol. The number of hydrogen-bond donors (Lipinski definition) is 0. The minimum atomic E-state index is -2.60. The van der Waals surface area contributed by atoms with E-state index in [0.29, 0.717) is 0 Å². The molecular formula is C61H45NSi. The van der Waals surface area contributed by atoms with Gasteiger partial charge in [-0.25, -0.2) is 0 Å². The lowest BCUT2D eigenvalue weighted by atomic mass is 9.98. The topological polar surface area (TPSA) is 3.24 Å². The molecule has 63 heavy (non-hydrogen) atoms. The summed E-state index contributed by atoms with van der Waals surface area (Å²) in [6.07, 6.45) is 0.988. The van der Waals surface area contributed by atoms with Gasteiger partial charge in [0.05, 0.1) is 0 Å². The van der Waals surface area contributed by atoms with Crippen LogP contribution in [0.1, 0.15) is 11.1 Å². The van der Waals surface area contributed by atoms with Crippen LogP contribution in [-0.4, -0.2) is 8.07 Å². The quantitative estimate of drug-likeness (QED) is 0.0981. The van der Waals surface area contributed by atoms with E-state index >= 15 is 0 Å². The summed E-state index contributed by atoms with van der Waals surface area (Å²) in [5, 5.41) is 5.50. The van der Waals surface area contributed by atoms with Crippen molar-refractivity contribution in [3.63, 3.8) is 0 Å². The fraction of sp³-hybridized carbons (Fsp3) is 0.0164. The molecule has 11 rings (SSSR count). The summed E-state index contributed by atoms with van der Waals surface area (Å²) in [6, 6.07) is 96.2. The van der Waals surface area contributed by atoms with E-state index in [1.54, 1.807) is 0 Å². The summed E-state index contributed by atoms with van der Waals surface area (Å²) in [7, 11) is -2.60. The van der Waals surface area contributed by atoms with Crippen LogP contribution in [0.2, 0.25) is 0 Å². The normalized spacial score (nSPS) is 11.7. The highest BCUT2D eigenvalue weighted by molar-refractivity contribution is 7.19. The van der Waals surface area contributed by atoms with Crippen LogP contribution in [0.5, 0.6) is 0 Å². The van der Waals surface area contributed by atoms with E-state index in [4.69, 9.17) is 0 Å². The van der Waals surface area contributed by atoms with Crippen LogP contribution in [0.15, 0.2) is 261 Å². The molecule has 0 aliphatic heterocycles. The summed E-state index contributed by atoms with van der Waals surface area (Å²) >= 11 is 0. The Balaban J connectivity index is 0.938. The Morgan fingerprint density at radius 3 is 1.06 bits per heavy atom. The molecule has 0 unspecified atom stereocenters. The summed E-state index contributed by atoms with van der Waals surface area (Å²) in [4.78, 5) is 2.37. The molecule has 0 aromatic heterocycles. The van der Waals surface area contributed by atoms with E-state index in [1.807, 2.05) is 0 Å². The molecule has 0 bridgehead atoms. The predicted octanol–water partition coefficient (Wildman–Crippen LogP) is 13.1. The Bertz CT molecular complexity index is 3030. The van der Waals surface area contributed by atoms with Crippen molar-refractivity contribution < 1.29 is 0 Å². The summed E-state index contributed by atoms with van der Waals surface area (Å²) < 4.78 is 0. The molecule has 10 aromatic carbocycles. The lowest BCUT2D eigenvalue weighted by Gasteiger charge is -2.34. The zero-order chi connectivity index (χ0) is 42.0. The number of anilines is 3. The van der Waals surface area contributed by atoms with Crippen LogP contribution >= 0.6 is 0 Å². The third-order valence-electron chi connectivity index (χ3n) is 12.9. The maximum Gasteiger partial charge on any atom is 0.179 e. The van der Waals surface area contributed by atoms with Crippen molar-refractivity contribution in [2.45, 2.75) is 6.42 Å². The Morgan fingerprint density at radius 1 is 0.254 bits per heavy atom. The van der Waals surface area contributed by atoms with Crippen molar-refractivity contribution in [2.75, 3.05) is 4.90 Å². The average Bonchev–Trinajstić information content (AvgIpc) is 3.75. The zero-order valence-corrected chi connectivity index (χ0v) is 36.0. The minimum Gasteiger partial charge on any atom is -0.311 e. The van der Waals surface area contributed by atoms with Gasteiger partial charge in [0.15, 0.2) is 8.07 Å². The second kappa shape index (κ2) is 16.6. The molecule has 0 saturated carbocycles. The number of benzene rings is 10. The maximum absolute atomic E-state index is 2.60. The van der Waals surface area contributed by atoms with Crippen molar-refractivity contribution in [3.05, 3.63) is 272 Å². The molecule has 1 aliphatic carbocycles. The number of fused-ring (bicyclic) bond motifs is 3. The van der Waals surface area contributed by atoms with Gasteiger partial charge in [-0.15, -0.1) is 0 Å². The van der Waals surface area contributed by atoms with Crippen LogP contribution in [0.3, 0.4) is 0 Å². The van der Waals surface area contributed by atoms with E-state index in [2.05, 4.69) is 266 Å². The van der Waals surface area contributed by atoms with Gasteiger partial charge in [0.1, 0.15) is 0 Å². The standard InChI is InChI=1S/C61H45NSi/c1-5-15-45(16-6-1)46-25-34-53(35-26-46)62(55-38-29-49(30-39-55)50-33-42-61-52(43-50)44-51-17-13-14-24-60(51)61)54-36-27-47(28-37-54)48-31-40-59(41-32-48)63(56-18-7-2-8-19-56,57-20-9-3-10-21-57)58-22-11-4-12-23-58/h1-43H,44H2. The van der Waals surface area contributed by atoms with E-state index in [9.17, 15) is 0 Å². The van der Waals surface area contributed by atoms with Crippen molar-refractivity contribution in [1.29, 1.82) is 0 Å². The lowest BCUT2D eigenvalue weighted by molar-refractivity contribution is 1.26. The molecule has 0 heterocycles. The maximum atomic E-state index is 2.38. The summed E-state index contributed by atoms with van der Waals surface area (Å²) in [5.41, 5.74) is 16.1. The van der Waals surface area contributed by atoms with Gasteiger partial charge < -0.3 is 4.90 Å². The molecule has 0 N–H and O–H groups in total. The number of hydrogen-bond acceptors (Lipinski definition) is 1. The van der Waals surface area contributed by atoms with Crippen molar-refractivity contribution in [3.8, 4) is 44.5 Å². The van der Waals surface area contributed by atoms with Gasteiger partial charge in [-0.2, -0.15) is 0 Å². The molecule has 10 aromatic rings. The first-order valence-electron chi connectivity index (χ1n) is 21.9. The largest absolute Gasteiger partial charge is 0.311 e. The molecule has 0 amide bonds. The van der Waals surface area contributed by atoms with Crippen LogP contribution in [-0.2, 0) is 6.42 Å². The van der Waals surface area contributed by atoms with Crippen molar-refractivity contribution >= 4 is 45.9 Å². The zero-order valence-electron chi connectivity index (χ0n) is 35.0. The van der Waals surface area contributed by atoms with Gasteiger partial charge in [0.25, 0.3) is 0 Å². The summed E-state index contributed by atoms with van der Waals surface area (Å²) in [5.74, 6) is 0. The third-order valence-corrected chi connectivity index (χ3v) is 17.7. The SMILES string of the molecule is c1ccc(-c2ccc(N(c3ccc(-c4ccc([Si](c5ccccc5)(c5ccccc5)c5ccccc5)cc4)cc3)c3ccc(-c4ccc5c(c4)Cc4ccccc4-5)cc3)cc2)cc1. The van der Waals surface area contributed by atoms with Crippen LogP contribution in [0, 0.1) is 0 Å². The monoisotopic (exact) mass is 819 g/mol. The Labute approximate surface area is 371 Å². The second-order valence-corrected chi connectivity index (χ2v) is 20.3. The van der Waals surface area contributed by atoms with Gasteiger partial charge in [-0.05, 0) is 119 Å². The number of nitrogens with zero attached hydrogens (tertiary/aromatic N) is 1. The fourth-order valence-corrected chi connectivity index (χ4v) is 14.5. The van der Waals surface area contributed by atoms with Gasteiger partial charge in [-0.1, -0.05) is 224 Å². The van der Waals surface area contributed by atoms with E-state index in [1.165, 1.54) is 76.4 Å². The molecule has 0 atom stereocenters.